The van der Waals surface area contributed by atoms with Gasteiger partial charge in [-0.05, 0) is 22.0 Å². The molecule has 1 heterocycles. The van der Waals surface area contributed by atoms with E-state index in [9.17, 15) is 13.2 Å². The van der Waals surface area contributed by atoms with Gasteiger partial charge < -0.3 is 4.74 Å². The average Bonchev–Trinajstić information content (AvgIpc) is 2.72. The average molecular weight is 356 g/mol. The van der Waals surface area contributed by atoms with Crippen molar-refractivity contribution in [2.75, 3.05) is 20.2 Å². The first-order valence-corrected chi connectivity index (χ1v) is 8.31. The van der Waals surface area contributed by atoms with Gasteiger partial charge in [-0.2, -0.15) is 4.31 Å². The molecule has 0 unspecified atom stereocenters. The molecule has 18 heavy (non-hydrogen) atoms. The van der Waals surface area contributed by atoms with Gasteiger partial charge in [-0.15, -0.1) is 11.3 Å². The van der Waals surface area contributed by atoms with Crippen LogP contribution in [0.2, 0.25) is 0 Å². The number of thiophene rings is 1. The van der Waals surface area contributed by atoms with Crippen LogP contribution in [-0.2, 0) is 14.8 Å². The van der Waals surface area contributed by atoms with Gasteiger partial charge in [-0.25, -0.2) is 13.2 Å². The Morgan fingerprint density at radius 2 is 2.00 bits per heavy atom. The Labute approximate surface area is 119 Å². The summed E-state index contributed by atoms with van der Waals surface area (Å²) in [7, 11) is -2.31. The molecular formula is C10H14BrNO4S2. The highest BCUT2D eigenvalue weighted by Gasteiger charge is 2.27. The first kappa shape index (κ1) is 15.6. The number of hydrogen-bond acceptors (Lipinski definition) is 5. The minimum atomic E-state index is -3.56. The quantitative estimate of drug-likeness (QED) is 0.760. The van der Waals surface area contributed by atoms with E-state index in [2.05, 4.69) is 20.7 Å². The number of carbonyl (C=O) groups is 1. The van der Waals surface area contributed by atoms with Crippen LogP contribution in [0.25, 0.3) is 0 Å². The van der Waals surface area contributed by atoms with Crippen molar-refractivity contribution < 1.29 is 17.9 Å². The van der Waals surface area contributed by atoms with Crippen LogP contribution >= 0.6 is 27.3 Å². The summed E-state index contributed by atoms with van der Waals surface area (Å²) in [5, 5.41) is 0. The van der Waals surface area contributed by atoms with Gasteiger partial charge in [0.15, 0.2) is 0 Å². The van der Waals surface area contributed by atoms with E-state index in [0.29, 0.717) is 16.9 Å². The van der Waals surface area contributed by atoms with E-state index in [4.69, 9.17) is 0 Å². The van der Waals surface area contributed by atoms with Crippen LogP contribution < -0.4 is 0 Å². The van der Waals surface area contributed by atoms with Crippen molar-refractivity contribution in [3.8, 4) is 0 Å². The zero-order valence-electron chi connectivity index (χ0n) is 10.3. The van der Waals surface area contributed by atoms with E-state index in [0.717, 1.165) is 11.3 Å². The summed E-state index contributed by atoms with van der Waals surface area (Å²) in [4.78, 5) is 11.7. The summed E-state index contributed by atoms with van der Waals surface area (Å²) in [5.41, 5.74) is 0. The minimum absolute atomic E-state index is 0.108. The molecule has 0 fully saturated rings. The van der Waals surface area contributed by atoms with Crippen molar-refractivity contribution in [2.45, 2.75) is 18.7 Å². The SMILES string of the molecule is CCN(CC)S(=O)(=O)c1cc(C(=O)OC)sc1Br. The van der Waals surface area contributed by atoms with Crippen molar-refractivity contribution in [3.63, 3.8) is 0 Å². The second kappa shape index (κ2) is 6.14. The molecule has 0 radical (unpaired) electrons. The molecule has 0 aliphatic heterocycles. The Kier molecular flexibility index (Phi) is 5.32. The molecule has 0 aliphatic carbocycles. The van der Waals surface area contributed by atoms with E-state index in [1.54, 1.807) is 13.8 Å². The highest BCUT2D eigenvalue weighted by molar-refractivity contribution is 9.11. The molecule has 5 nitrogen and oxygen atoms in total. The predicted octanol–water partition coefficient (Wildman–Crippen LogP) is 2.33. The van der Waals surface area contributed by atoms with Crippen LogP contribution in [0.15, 0.2) is 14.7 Å². The number of ether oxygens (including phenoxy) is 1. The van der Waals surface area contributed by atoms with Crippen LogP contribution in [0, 0.1) is 0 Å². The van der Waals surface area contributed by atoms with Gasteiger partial charge >= 0.3 is 5.97 Å². The Balaban J connectivity index is 3.25. The van der Waals surface area contributed by atoms with Crippen molar-refractivity contribution in [1.82, 2.24) is 4.31 Å². The Morgan fingerprint density at radius 1 is 1.44 bits per heavy atom. The molecule has 0 spiro atoms. The van der Waals surface area contributed by atoms with Gasteiger partial charge in [0.05, 0.1) is 10.9 Å². The van der Waals surface area contributed by atoms with Gasteiger partial charge in [-0.1, -0.05) is 13.8 Å². The maximum absolute atomic E-state index is 12.3. The molecule has 1 aromatic heterocycles. The second-order valence-electron chi connectivity index (χ2n) is 3.33. The predicted molar refractivity (Wildman–Crippen MR) is 73.5 cm³/mol. The highest BCUT2D eigenvalue weighted by Crippen LogP contribution is 2.33. The number of sulfonamides is 1. The van der Waals surface area contributed by atoms with E-state index in [1.807, 2.05) is 0 Å². The third-order valence-electron chi connectivity index (χ3n) is 2.37. The molecule has 0 N–H and O–H groups in total. The molecule has 0 amide bonds. The number of methoxy groups -OCH3 is 1. The lowest BCUT2D eigenvalue weighted by Crippen LogP contribution is -2.30. The molecule has 0 bridgehead atoms. The van der Waals surface area contributed by atoms with Crippen LogP contribution in [0.3, 0.4) is 0 Å². The van der Waals surface area contributed by atoms with Crippen molar-refractivity contribution >= 4 is 43.3 Å². The van der Waals surface area contributed by atoms with E-state index in [1.165, 1.54) is 17.5 Å². The lowest BCUT2D eigenvalue weighted by Gasteiger charge is -2.17. The molecule has 1 rings (SSSR count). The maximum Gasteiger partial charge on any atom is 0.348 e. The summed E-state index contributed by atoms with van der Waals surface area (Å²) in [6.07, 6.45) is 0. The maximum atomic E-state index is 12.3. The number of hydrogen-bond donors (Lipinski definition) is 0. The Morgan fingerprint density at radius 3 is 2.44 bits per heavy atom. The topological polar surface area (TPSA) is 63.7 Å². The molecule has 0 saturated heterocycles. The van der Waals surface area contributed by atoms with Gasteiger partial charge in [0.1, 0.15) is 9.77 Å². The Bertz CT molecular complexity index is 534. The largest absolute Gasteiger partial charge is 0.465 e. The van der Waals surface area contributed by atoms with Gasteiger partial charge in [0.25, 0.3) is 0 Å². The number of nitrogens with zero attached hydrogens (tertiary/aromatic N) is 1. The van der Waals surface area contributed by atoms with Crippen LogP contribution in [0.5, 0.6) is 0 Å². The first-order valence-electron chi connectivity index (χ1n) is 5.26. The number of halogens is 1. The molecular weight excluding hydrogens is 342 g/mol. The van der Waals surface area contributed by atoms with Crippen molar-refractivity contribution in [1.29, 1.82) is 0 Å². The molecule has 0 saturated carbocycles. The fourth-order valence-corrected chi connectivity index (χ4v) is 5.32. The molecule has 0 aromatic carbocycles. The fraction of sp³-hybridized carbons (Fsp3) is 0.500. The minimum Gasteiger partial charge on any atom is -0.465 e. The monoisotopic (exact) mass is 355 g/mol. The molecule has 1 aromatic rings. The molecule has 0 atom stereocenters. The molecule has 8 heteroatoms. The van der Waals surface area contributed by atoms with Gasteiger partial charge in [0, 0.05) is 13.1 Å². The summed E-state index contributed by atoms with van der Waals surface area (Å²) in [6, 6.07) is 1.34. The van der Waals surface area contributed by atoms with E-state index in [-0.39, 0.29) is 9.77 Å². The van der Waals surface area contributed by atoms with E-state index >= 15 is 0 Å². The summed E-state index contributed by atoms with van der Waals surface area (Å²) in [6.45, 7) is 4.30. The van der Waals surface area contributed by atoms with Crippen LogP contribution in [0.4, 0.5) is 0 Å². The number of carbonyl (C=O) groups excluding carboxylic acids is 1. The zero-order valence-corrected chi connectivity index (χ0v) is 13.5. The number of rotatable bonds is 5. The Hall–Kier alpha value is -0.440. The molecule has 102 valence electrons. The van der Waals surface area contributed by atoms with E-state index < -0.39 is 16.0 Å². The third kappa shape index (κ3) is 2.93. The zero-order chi connectivity index (χ0) is 13.9. The lowest BCUT2D eigenvalue weighted by atomic mass is 10.5. The van der Waals surface area contributed by atoms with Gasteiger partial charge in [-0.3, -0.25) is 0 Å². The third-order valence-corrected chi connectivity index (χ3v) is 6.65. The molecule has 0 aliphatic rings. The van der Waals surface area contributed by atoms with Crippen molar-refractivity contribution in [3.05, 3.63) is 14.7 Å². The normalized spacial score (nSPS) is 11.8. The lowest BCUT2D eigenvalue weighted by molar-refractivity contribution is 0.0606. The summed E-state index contributed by atoms with van der Waals surface area (Å²) in [5.74, 6) is -0.540. The summed E-state index contributed by atoms with van der Waals surface area (Å²) < 4.78 is 30.9. The number of esters is 1. The second-order valence-corrected chi connectivity index (χ2v) is 7.61. The fourth-order valence-electron chi connectivity index (χ4n) is 1.43. The smallest absolute Gasteiger partial charge is 0.348 e. The first-order chi connectivity index (χ1) is 8.38. The van der Waals surface area contributed by atoms with Crippen molar-refractivity contribution in [2.24, 2.45) is 0 Å². The standard InChI is InChI=1S/C10H14BrNO4S2/c1-4-12(5-2)18(14,15)8-6-7(10(13)16-3)17-9(8)11/h6H,4-5H2,1-3H3. The summed E-state index contributed by atoms with van der Waals surface area (Å²) >= 11 is 4.23. The highest BCUT2D eigenvalue weighted by atomic mass is 79.9. The van der Waals surface area contributed by atoms with Gasteiger partial charge in [0.2, 0.25) is 10.0 Å². The van der Waals surface area contributed by atoms with Crippen LogP contribution in [0.1, 0.15) is 23.5 Å². The van der Waals surface area contributed by atoms with Crippen LogP contribution in [-0.4, -0.2) is 38.9 Å².